The molecule has 3 fully saturated rings. The van der Waals surface area contributed by atoms with Crippen molar-refractivity contribution < 1.29 is 9.32 Å². The molecule has 4 heterocycles. The van der Waals surface area contributed by atoms with Crippen LogP contribution in [0.1, 0.15) is 55.8 Å². The van der Waals surface area contributed by atoms with Crippen molar-refractivity contribution in [3.05, 3.63) is 23.7 Å². The minimum atomic E-state index is 0.209. The molecule has 28 heavy (non-hydrogen) atoms. The Morgan fingerprint density at radius 3 is 2.68 bits per heavy atom. The van der Waals surface area contributed by atoms with Crippen LogP contribution in [-0.4, -0.2) is 52.1 Å². The van der Waals surface area contributed by atoms with Gasteiger partial charge in [0.1, 0.15) is 0 Å². The summed E-state index contributed by atoms with van der Waals surface area (Å²) in [6.45, 7) is 5.55. The maximum absolute atomic E-state index is 12.6. The summed E-state index contributed by atoms with van der Waals surface area (Å²) in [6.07, 6.45) is 8.41. The van der Waals surface area contributed by atoms with Gasteiger partial charge in [-0.1, -0.05) is 5.16 Å². The summed E-state index contributed by atoms with van der Waals surface area (Å²) < 4.78 is 5.55. The van der Waals surface area contributed by atoms with Crippen molar-refractivity contribution in [3.63, 3.8) is 0 Å². The first kappa shape index (κ1) is 17.6. The van der Waals surface area contributed by atoms with Crippen molar-refractivity contribution in [2.24, 2.45) is 5.92 Å². The van der Waals surface area contributed by atoms with Crippen LogP contribution in [0, 0.1) is 12.8 Å². The van der Waals surface area contributed by atoms with Gasteiger partial charge in [0, 0.05) is 50.3 Å². The Labute approximate surface area is 165 Å². The van der Waals surface area contributed by atoms with E-state index in [0.717, 1.165) is 74.8 Å². The van der Waals surface area contributed by atoms with Crippen LogP contribution in [-0.2, 0) is 4.79 Å². The van der Waals surface area contributed by atoms with Gasteiger partial charge >= 0.3 is 0 Å². The highest BCUT2D eigenvalue weighted by atomic mass is 16.5. The fourth-order valence-corrected chi connectivity index (χ4v) is 4.44. The van der Waals surface area contributed by atoms with Gasteiger partial charge in [-0.15, -0.1) is 0 Å². The quantitative estimate of drug-likeness (QED) is 0.810. The molecule has 7 heteroatoms. The van der Waals surface area contributed by atoms with Crippen LogP contribution in [0.2, 0.25) is 0 Å². The van der Waals surface area contributed by atoms with Crippen molar-refractivity contribution in [2.75, 3.05) is 31.1 Å². The number of nitrogens with zero attached hydrogens (tertiary/aromatic N) is 5. The summed E-state index contributed by atoms with van der Waals surface area (Å²) in [5, 5.41) is 4.05. The van der Waals surface area contributed by atoms with E-state index in [2.05, 4.69) is 19.9 Å². The predicted molar refractivity (Wildman–Crippen MR) is 105 cm³/mol. The Bertz CT molecular complexity index is 869. The molecule has 148 valence electrons. The zero-order valence-corrected chi connectivity index (χ0v) is 16.4. The third-order valence-electron chi connectivity index (χ3n) is 6.13. The lowest BCUT2D eigenvalue weighted by Crippen LogP contribution is -2.40. The van der Waals surface area contributed by atoms with E-state index in [4.69, 9.17) is 9.51 Å². The van der Waals surface area contributed by atoms with Crippen molar-refractivity contribution in [2.45, 2.75) is 51.4 Å². The second kappa shape index (κ2) is 7.18. The summed E-state index contributed by atoms with van der Waals surface area (Å²) in [7, 11) is 0. The molecule has 3 aliphatic rings. The van der Waals surface area contributed by atoms with Gasteiger partial charge in [0.25, 0.3) is 0 Å². The number of aromatic nitrogens is 3. The average molecular weight is 381 g/mol. The molecule has 7 nitrogen and oxygen atoms in total. The first-order valence-corrected chi connectivity index (χ1v) is 10.5. The number of carbonyl (C=O) groups excluding carboxylic acids is 1. The number of hydrogen-bond acceptors (Lipinski definition) is 6. The number of hydrogen-bond donors (Lipinski definition) is 0. The number of anilines is 1. The van der Waals surface area contributed by atoms with Gasteiger partial charge in [-0.3, -0.25) is 4.79 Å². The first-order chi connectivity index (χ1) is 13.7. The van der Waals surface area contributed by atoms with Gasteiger partial charge in [-0.25, -0.2) is 9.97 Å². The molecule has 0 aromatic carbocycles. The topological polar surface area (TPSA) is 75.4 Å². The molecule has 0 N–H and O–H groups in total. The van der Waals surface area contributed by atoms with Crippen molar-refractivity contribution in [1.29, 1.82) is 0 Å². The fourth-order valence-electron chi connectivity index (χ4n) is 4.44. The second-order valence-corrected chi connectivity index (χ2v) is 8.39. The van der Waals surface area contributed by atoms with Gasteiger partial charge in [0.15, 0.2) is 5.76 Å². The highest BCUT2D eigenvalue weighted by Gasteiger charge is 2.36. The molecule has 2 aliphatic heterocycles. The highest BCUT2D eigenvalue weighted by molar-refractivity contribution is 5.81. The molecule has 0 bridgehead atoms. The first-order valence-electron chi connectivity index (χ1n) is 10.5. The third-order valence-corrected chi connectivity index (χ3v) is 6.13. The van der Waals surface area contributed by atoms with Gasteiger partial charge in [0.05, 0.1) is 17.0 Å². The largest absolute Gasteiger partial charge is 0.356 e. The van der Waals surface area contributed by atoms with E-state index in [0.29, 0.717) is 11.7 Å². The number of rotatable bonds is 4. The van der Waals surface area contributed by atoms with Crippen molar-refractivity contribution >= 4 is 11.9 Å². The maximum atomic E-state index is 12.6. The Hall–Kier alpha value is -2.44. The molecule has 1 amide bonds. The van der Waals surface area contributed by atoms with Gasteiger partial charge in [0.2, 0.25) is 11.9 Å². The van der Waals surface area contributed by atoms with E-state index in [1.807, 2.05) is 19.2 Å². The minimum absolute atomic E-state index is 0.209. The number of aryl methyl sites for hydroxylation is 1. The van der Waals surface area contributed by atoms with Crippen LogP contribution in [0.15, 0.2) is 16.8 Å². The summed E-state index contributed by atoms with van der Waals surface area (Å²) in [5.74, 6) is 2.32. The highest BCUT2D eigenvalue weighted by Crippen LogP contribution is 2.37. The van der Waals surface area contributed by atoms with Crippen molar-refractivity contribution in [3.8, 4) is 11.3 Å². The molecule has 0 unspecified atom stereocenters. The Morgan fingerprint density at radius 2 is 1.96 bits per heavy atom. The zero-order chi connectivity index (χ0) is 19.1. The molecule has 2 aromatic heterocycles. The predicted octanol–water partition coefficient (Wildman–Crippen LogP) is 3.16. The van der Waals surface area contributed by atoms with E-state index >= 15 is 0 Å². The fraction of sp³-hybridized carbons (Fsp3) is 0.619. The monoisotopic (exact) mass is 381 g/mol. The molecule has 1 aliphatic carbocycles. The number of amides is 1. The number of carbonyl (C=O) groups is 1. The Morgan fingerprint density at radius 1 is 1.14 bits per heavy atom. The Balaban J connectivity index is 1.49. The van der Waals surface area contributed by atoms with E-state index in [1.165, 1.54) is 12.8 Å². The van der Waals surface area contributed by atoms with Crippen LogP contribution in [0.25, 0.3) is 11.3 Å². The number of likely N-dealkylation sites (tertiary alicyclic amines) is 1. The van der Waals surface area contributed by atoms with Gasteiger partial charge < -0.3 is 14.3 Å². The van der Waals surface area contributed by atoms with E-state index in [1.54, 1.807) is 0 Å². The second-order valence-electron chi connectivity index (χ2n) is 8.39. The molecule has 1 atom stereocenters. The van der Waals surface area contributed by atoms with E-state index in [-0.39, 0.29) is 11.8 Å². The summed E-state index contributed by atoms with van der Waals surface area (Å²) in [6, 6.07) is 1.94. The molecular formula is C21H27N5O2. The molecule has 0 spiro atoms. The molecule has 2 aromatic rings. The van der Waals surface area contributed by atoms with Crippen molar-refractivity contribution in [1.82, 2.24) is 20.0 Å². The zero-order valence-electron chi connectivity index (χ0n) is 16.4. The summed E-state index contributed by atoms with van der Waals surface area (Å²) in [4.78, 5) is 26.6. The molecular weight excluding hydrogens is 354 g/mol. The smallest absolute Gasteiger partial charge is 0.225 e. The lowest BCUT2D eigenvalue weighted by molar-refractivity contribution is -0.133. The molecule has 1 saturated carbocycles. The number of piperidine rings is 1. The summed E-state index contributed by atoms with van der Waals surface area (Å²) in [5.41, 5.74) is 2.76. The van der Waals surface area contributed by atoms with E-state index in [9.17, 15) is 4.79 Å². The van der Waals surface area contributed by atoms with E-state index < -0.39 is 0 Å². The molecule has 2 saturated heterocycles. The van der Waals surface area contributed by atoms with Gasteiger partial charge in [-0.2, -0.15) is 0 Å². The van der Waals surface area contributed by atoms with Crippen LogP contribution in [0.3, 0.4) is 0 Å². The maximum Gasteiger partial charge on any atom is 0.225 e. The average Bonchev–Trinajstić information content (AvgIpc) is 3.25. The van der Waals surface area contributed by atoms with Gasteiger partial charge in [-0.05, 0) is 45.4 Å². The Kier molecular flexibility index (Phi) is 4.53. The molecule has 0 radical (unpaired) electrons. The normalized spacial score (nSPS) is 22.7. The van der Waals surface area contributed by atoms with Crippen LogP contribution < -0.4 is 4.90 Å². The lowest BCUT2D eigenvalue weighted by Gasteiger charge is -2.33. The van der Waals surface area contributed by atoms with Crippen LogP contribution in [0.5, 0.6) is 0 Å². The third kappa shape index (κ3) is 3.38. The SMILES string of the molecule is Cc1cc(-c2cnc(N3CCCC3)nc2[C@H]2CCCN(C(=O)C3CC3)C2)on1. The summed E-state index contributed by atoms with van der Waals surface area (Å²) >= 11 is 0. The lowest BCUT2D eigenvalue weighted by atomic mass is 9.91. The van der Waals surface area contributed by atoms with Crippen LogP contribution in [0.4, 0.5) is 5.95 Å². The van der Waals surface area contributed by atoms with Crippen LogP contribution >= 0.6 is 0 Å². The minimum Gasteiger partial charge on any atom is -0.356 e. The molecule has 5 rings (SSSR count). The standard InChI is InChI=1S/C21H27N5O2/c1-14-11-18(28-24-14)17-12-22-21(25-8-2-3-9-25)23-19(17)16-5-4-10-26(13-16)20(27)15-6-7-15/h11-12,15-16H,2-10,13H2,1H3/t16-/m0/s1.